The van der Waals surface area contributed by atoms with Gasteiger partial charge in [0.05, 0.1) is 12.5 Å². The lowest BCUT2D eigenvalue weighted by Crippen LogP contribution is -2.06. The topological polar surface area (TPSA) is 27.1 Å². The van der Waals surface area contributed by atoms with Crippen LogP contribution in [0.3, 0.4) is 0 Å². The summed E-state index contributed by atoms with van der Waals surface area (Å²) in [6.07, 6.45) is 3.64. The van der Waals surface area contributed by atoms with Crippen molar-refractivity contribution in [2.75, 3.05) is 13.7 Å². The first-order chi connectivity index (χ1) is 5.38. The average molecular weight is 175 g/mol. The van der Waals surface area contributed by atoms with E-state index in [-0.39, 0.29) is 0 Å². The van der Waals surface area contributed by atoms with Crippen LogP contribution in [0.15, 0.2) is 12.4 Å². The van der Waals surface area contributed by atoms with E-state index >= 15 is 0 Å². The third-order valence-electron chi connectivity index (χ3n) is 1.46. The Hall–Kier alpha value is -0.540. The largest absolute Gasteiger partial charge is 0.383 e. The number of imidazole rings is 1. The van der Waals surface area contributed by atoms with Crippen molar-refractivity contribution in [1.82, 2.24) is 9.55 Å². The average Bonchev–Trinajstić information content (AvgIpc) is 2.47. The van der Waals surface area contributed by atoms with E-state index in [2.05, 4.69) is 4.98 Å². The minimum Gasteiger partial charge on any atom is -0.383 e. The highest BCUT2D eigenvalue weighted by atomic mass is 35.5. The maximum Gasteiger partial charge on any atom is 0.123 e. The molecule has 62 valence electrons. The lowest BCUT2D eigenvalue weighted by molar-refractivity contribution is 0.186. The molecule has 0 unspecified atom stereocenters. The number of halogens is 1. The number of nitrogens with zero attached hydrogens (tertiary/aromatic N) is 2. The summed E-state index contributed by atoms with van der Waals surface area (Å²) in [5.41, 5.74) is 0. The van der Waals surface area contributed by atoms with Crippen LogP contribution >= 0.6 is 11.6 Å². The number of hydrogen-bond donors (Lipinski definition) is 0. The number of rotatable bonds is 4. The van der Waals surface area contributed by atoms with E-state index in [9.17, 15) is 0 Å². The molecule has 1 heterocycles. The Balaban J connectivity index is 2.54. The summed E-state index contributed by atoms with van der Waals surface area (Å²) in [7, 11) is 1.68. The minimum atomic E-state index is 0.455. The van der Waals surface area contributed by atoms with Gasteiger partial charge < -0.3 is 9.30 Å². The van der Waals surface area contributed by atoms with Crippen molar-refractivity contribution in [2.45, 2.75) is 12.4 Å². The maximum atomic E-state index is 5.63. The second-order valence-corrected chi connectivity index (χ2v) is 2.43. The van der Waals surface area contributed by atoms with Crippen LogP contribution in [0.25, 0.3) is 0 Å². The lowest BCUT2D eigenvalue weighted by Gasteiger charge is -2.03. The number of aromatic nitrogens is 2. The predicted octanol–water partition coefficient (Wildman–Crippen LogP) is 1.27. The van der Waals surface area contributed by atoms with Gasteiger partial charge in [0.15, 0.2) is 0 Å². The molecule has 0 fully saturated rings. The van der Waals surface area contributed by atoms with E-state index < -0.39 is 0 Å². The van der Waals surface area contributed by atoms with Crippen molar-refractivity contribution < 1.29 is 4.74 Å². The Bertz CT molecular complexity index is 212. The standard InChI is InChI=1S/C7H11ClN2O/c1-11-5-4-10-3-2-9-7(10)6-8/h2-3H,4-6H2,1H3. The van der Waals surface area contributed by atoms with Gasteiger partial charge >= 0.3 is 0 Å². The van der Waals surface area contributed by atoms with E-state index in [4.69, 9.17) is 16.3 Å². The highest BCUT2D eigenvalue weighted by Gasteiger charge is 1.98. The molecule has 0 radical (unpaired) electrons. The lowest BCUT2D eigenvalue weighted by atomic mass is 10.6. The van der Waals surface area contributed by atoms with Crippen molar-refractivity contribution in [2.24, 2.45) is 0 Å². The molecule has 0 bridgehead atoms. The molecular formula is C7H11ClN2O. The summed E-state index contributed by atoms with van der Waals surface area (Å²) >= 11 is 5.63. The zero-order valence-electron chi connectivity index (χ0n) is 6.46. The van der Waals surface area contributed by atoms with Crippen LogP contribution in [0.1, 0.15) is 5.82 Å². The monoisotopic (exact) mass is 174 g/mol. The third-order valence-corrected chi connectivity index (χ3v) is 1.70. The van der Waals surface area contributed by atoms with E-state index in [1.54, 1.807) is 13.3 Å². The highest BCUT2D eigenvalue weighted by molar-refractivity contribution is 6.16. The van der Waals surface area contributed by atoms with Gasteiger partial charge in [0.1, 0.15) is 5.82 Å². The number of alkyl halides is 1. The molecule has 0 saturated carbocycles. The zero-order valence-corrected chi connectivity index (χ0v) is 7.21. The molecule has 1 aromatic heterocycles. The Morgan fingerprint density at radius 3 is 3.18 bits per heavy atom. The Labute approximate surface area is 70.9 Å². The normalized spacial score (nSPS) is 10.4. The SMILES string of the molecule is COCCn1ccnc1CCl. The molecule has 0 N–H and O–H groups in total. The fourth-order valence-corrected chi connectivity index (χ4v) is 1.09. The van der Waals surface area contributed by atoms with Gasteiger partial charge in [-0.05, 0) is 0 Å². The van der Waals surface area contributed by atoms with E-state index in [1.807, 2.05) is 10.8 Å². The zero-order chi connectivity index (χ0) is 8.10. The van der Waals surface area contributed by atoms with Gasteiger partial charge in [-0.2, -0.15) is 0 Å². The van der Waals surface area contributed by atoms with Crippen molar-refractivity contribution in [3.8, 4) is 0 Å². The first-order valence-electron chi connectivity index (χ1n) is 3.43. The quantitative estimate of drug-likeness (QED) is 0.643. The van der Waals surface area contributed by atoms with E-state index in [0.717, 1.165) is 12.4 Å². The van der Waals surface area contributed by atoms with Crippen LogP contribution in [0.2, 0.25) is 0 Å². The summed E-state index contributed by atoms with van der Waals surface area (Å²) in [6, 6.07) is 0. The van der Waals surface area contributed by atoms with Crippen LogP contribution in [-0.4, -0.2) is 23.3 Å². The molecule has 3 nitrogen and oxygen atoms in total. The number of hydrogen-bond acceptors (Lipinski definition) is 2. The predicted molar refractivity (Wildman–Crippen MR) is 43.7 cm³/mol. The Morgan fingerprint density at radius 2 is 2.55 bits per heavy atom. The first kappa shape index (κ1) is 8.56. The Morgan fingerprint density at radius 1 is 1.73 bits per heavy atom. The molecule has 0 aliphatic carbocycles. The number of methoxy groups -OCH3 is 1. The van der Waals surface area contributed by atoms with Gasteiger partial charge in [-0.15, -0.1) is 11.6 Å². The van der Waals surface area contributed by atoms with Gasteiger partial charge in [0.2, 0.25) is 0 Å². The molecule has 0 atom stereocenters. The molecule has 0 amide bonds. The van der Waals surface area contributed by atoms with Crippen LogP contribution in [0.4, 0.5) is 0 Å². The fraction of sp³-hybridized carbons (Fsp3) is 0.571. The highest BCUT2D eigenvalue weighted by Crippen LogP contribution is 2.00. The molecule has 0 aromatic carbocycles. The molecule has 0 spiro atoms. The first-order valence-corrected chi connectivity index (χ1v) is 3.97. The molecule has 1 rings (SSSR count). The molecule has 4 heteroatoms. The molecular weight excluding hydrogens is 164 g/mol. The van der Waals surface area contributed by atoms with Crippen LogP contribution in [-0.2, 0) is 17.2 Å². The third kappa shape index (κ3) is 2.20. The number of ether oxygens (including phenoxy) is 1. The summed E-state index contributed by atoms with van der Waals surface area (Å²) < 4.78 is 6.91. The second-order valence-electron chi connectivity index (χ2n) is 2.16. The Kier molecular flexibility index (Phi) is 3.39. The van der Waals surface area contributed by atoms with Gasteiger partial charge in [-0.1, -0.05) is 0 Å². The summed E-state index contributed by atoms with van der Waals surface area (Å²) in [4.78, 5) is 4.06. The summed E-state index contributed by atoms with van der Waals surface area (Å²) in [6.45, 7) is 1.51. The van der Waals surface area contributed by atoms with Crippen molar-refractivity contribution in [3.63, 3.8) is 0 Å². The minimum absolute atomic E-state index is 0.455. The molecule has 0 saturated heterocycles. The van der Waals surface area contributed by atoms with Crippen molar-refractivity contribution in [1.29, 1.82) is 0 Å². The molecule has 11 heavy (non-hydrogen) atoms. The van der Waals surface area contributed by atoms with Gasteiger partial charge in [0.25, 0.3) is 0 Å². The summed E-state index contributed by atoms with van der Waals surface area (Å²) in [5.74, 6) is 1.35. The molecule has 1 aromatic rings. The van der Waals surface area contributed by atoms with Gasteiger partial charge in [-0.25, -0.2) is 4.98 Å². The molecule has 0 aliphatic rings. The van der Waals surface area contributed by atoms with E-state index in [0.29, 0.717) is 12.5 Å². The maximum absolute atomic E-state index is 5.63. The van der Waals surface area contributed by atoms with Crippen LogP contribution < -0.4 is 0 Å². The van der Waals surface area contributed by atoms with E-state index in [1.165, 1.54) is 0 Å². The molecule has 0 aliphatic heterocycles. The fourth-order valence-electron chi connectivity index (χ4n) is 0.865. The van der Waals surface area contributed by atoms with Gasteiger partial charge in [0, 0.05) is 26.0 Å². The van der Waals surface area contributed by atoms with Gasteiger partial charge in [-0.3, -0.25) is 0 Å². The summed E-state index contributed by atoms with van der Waals surface area (Å²) in [5, 5.41) is 0. The second kappa shape index (κ2) is 4.36. The van der Waals surface area contributed by atoms with Crippen molar-refractivity contribution >= 4 is 11.6 Å². The van der Waals surface area contributed by atoms with Crippen LogP contribution in [0, 0.1) is 0 Å². The van der Waals surface area contributed by atoms with Crippen molar-refractivity contribution in [3.05, 3.63) is 18.2 Å². The van der Waals surface area contributed by atoms with Crippen LogP contribution in [0.5, 0.6) is 0 Å². The smallest absolute Gasteiger partial charge is 0.123 e.